The Hall–Kier alpha value is -2.14. The first-order valence-electron chi connectivity index (χ1n) is 6.51. The second kappa shape index (κ2) is 6.10. The SMILES string of the molecule is CC(C)(C)Nc1cnc(C(=O)Nc2ccccc2Cl)cn1. The van der Waals surface area contributed by atoms with E-state index in [4.69, 9.17) is 11.6 Å². The van der Waals surface area contributed by atoms with Crippen LogP contribution < -0.4 is 10.6 Å². The number of carbonyl (C=O) groups excluding carboxylic acids is 1. The van der Waals surface area contributed by atoms with Gasteiger partial charge in [-0.25, -0.2) is 9.97 Å². The van der Waals surface area contributed by atoms with Crippen molar-refractivity contribution in [1.29, 1.82) is 0 Å². The highest BCUT2D eigenvalue weighted by Gasteiger charge is 2.13. The standard InChI is InChI=1S/C15H17ClN4O/c1-15(2,3)20-13-9-17-12(8-18-13)14(21)19-11-7-5-4-6-10(11)16/h4-9H,1-3H3,(H,18,20)(H,19,21). The maximum atomic E-state index is 12.1. The highest BCUT2D eigenvalue weighted by Crippen LogP contribution is 2.21. The Bertz CT molecular complexity index is 635. The lowest BCUT2D eigenvalue weighted by Crippen LogP contribution is -2.27. The van der Waals surface area contributed by atoms with E-state index >= 15 is 0 Å². The number of anilines is 2. The van der Waals surface area contributed by atoms with Crippen LogP contribution in [0.1, 0.15) is 31.3 Å². The van der Waals surface area contributed by atoms with Gasteiger partial charge in [0, 0.05) is 5.54 Å². The lowest BCUT2D eigenvalue weighted by atomic mass is 10.1. The predicted molar refractivity (Wildman–Crippen MR) is 84.8 cm³/mol. The molecule has 0 aliphatic rings. The molecule has 0 radical (unpaired) electrons. The van der Waals surface area contributed by atoms with Crippen molar-refractivity contribution in [3.8, 4) is 0 Å². The van der Waals surface area contributed by atoms with Crippen LogP contribution in [0.2, 0.25) is 5.02 Å². The molecule has 0 atom stereocenters. The monoisotopic (exact) mass is 304 g/mol. The van der Waals surface area contributed by atoms with Gasteiger partial charge in [0.1, 0.15) is 11.5 Å². The quantitative estimate of drug-likeness (QED) is 0.909. The van der Waals surface area contributed by atoms with Crippen molar-refractivity contribution in [3.05, 3.63) is 47.4 Å². The summed E-state index contributed by atoms with van der Waals surface area (Å²) in [6.45, 7) is 6.06. The third kappa shape index (κ3) is 4.43. The molecular weight excluding hydrogens is 288 g/mol. The first-order chi connectivity index (χ1) is 9.85. The Morgan fingerprint density at radius 3 is 2.43 bits per heavy atom. The Kier molecular flexibility index (Phi) is 4.43. The summed E-state index contributed by atoms with van der Waals surface area (Å²) in [6.07, 6.45) is 2.97. The molecule has 0 bridgehead atoms. The largest absolute Gasteiger partial charge is 0.364 e. The fourth-order valence-electron chi connectivity index (χ4n) is 1.64. The Morgan fingerprint density at radius 2 is 1.86 bits per heavy atom. The number of nitrogens with zero attached hydrogens (tertiary/aromatic N) is 2. The zero-order valence-corrected chi connectivity index (χ0v) is 12.9. The number of aromatic nitrogens is 2. The molecule has 6 heteroatoms. The van der Waals surface area contributed by atoms with Gasteiger partial charge in [-0.1, -0.05) is 23.7 Å². The van der Waals surface area contributed by atoms with Gasteiger partial charge in [-0.05, 0) is 32.9 Å². The van der Waals surface area contributed by atoms with Gasteiger partial charge >= 0.3 is 0 Å². The second-order valence-corrected chi connectivity index (χ2v) is 6.00. The molecule has 1 heterocycles. The van der Waals surface area contributed by atoms with Gasteiger partial charge in [-0.3, -0.25) is 4.79 Å². The van der Waals surface area contributed by atoms with Crippen LogP contribution in [0.5, 0.6) is 0 Å². The second-order valence-electron chi connectivity index (χ2n) is 5.60. The third-order valence-corrected chi connectivity index (χ3v) is 2.84. The number of hydrogen-bond acceptors (Lipinski definition) is 4. The summed E-state index contributed by atoms with van der Waals surface area (Å²) in [7, 11) is 0. The van der Waals surface area contributed by atoms with Crippen LogP contribution in [-0.4, -0.2) is 21.4 Å². The lowest BCUT2D eigenvalue weighted by molar-refractivity contribution is 0.102. The van der Waals surface area contributed by atoms with Crippen LogP contribution in [0.15, 0.2) is 36.7 Å². The van der Waals surface area contributed by atoms with E-state index in [9.17, 15) is 4.79 Å². The van der Waals surface area contributed by atoms with E-state index in [2.05, 4.69) is 20.6 Å². The molecule has 0 aliphatic heterocycles. The number of halogens is 1. The van der Waals surface area contributed by atoms with Gasteiger partial charge < -0.3 is 10.6 Å². The smallest absolute Gasteiger partial charge is 0.275 e. The Balaban J connectivity index is 2.08. The third-order valence-electron chi connectivity index (χ3n) is 2.51. The average molecular weight is 305 g/mol. The minimum atomic E-state index is -0.349. The van der Waals surface area contributed by atoms with Gasteiger partial charge in [0.15, 0.2) is 0 Å². The van der Waals surface area contributed by atoms with Gasteiger partial charge in [0.2, 0.25) is 0 Å². The zero-order chi connectivity index (χ0) is 15.5. The highest BCUT2D eigenvalue weighted by molar-refractivity contribution is 6.33. The van der Waals surface area contributed by atoms with Crippen LogP contribution in [0, 0.1) is 0 Å². The fraction of sp³-hybridized carbons (Fsp3) is 0.267. The lowest BCUT2D eigenvalue weighted by Gasteiger charge is -2.20. The van der Waals surface area contributed by atoms with Crippen molar-refractivity contribution < 1.29 is 4.79 Å². The molecule has 1 aromatic carbocycles. The molecule has 0 aliphatic carbocycles. The minimum Gasteiger partial charge on any atom is -0.364 e. The minimum absolute atomic E-state index is 0.115. The Labute approximate surface area is 128 Å². The molecule has 0 saturated carbocycles. The maximum Gasteiger partial charge on any atom is 0.275 e. The van der Waals surface area contributed by atoms with Crippen LogP contribution >= 0.6 is 11.6 Å². The fourth-order valence-corrected chi connectivity index (χ4v) is 1.83. The van der Waals surface area contributed by atoms with E-state index in [0.29, 0.717) is 16.5 Å². The van der Waals surface area contributed by atoms with Crippen molar-refractivity contribution >= 4 is 29.0 Å². The normalized spacial score (nSPS) is 11.0. The van der Waals surface area contributed by atoms with E-state index in [1.165, 1.54) is 12.4 Å². The number of nitrogens with one attached hydrogen (secondary N) is 2. The van der Waals surface area contributed by atoms with Crippen LogP contribution in [0.4, 0.5) is 11.5 Å². The highest BCUT2D eigenvalue weighted by atomic mass is 35.5. The van der Waals surface area contributed by atoms with Crippen LogP contribution in [-0.2, 0) is 0 Å². The molecule has 110 valence electrons. The van der Waals surface area contributed by atoms with Gasteiger partial charge in [0.05, 0.1) is 23.1 Å². The molecule has 1 aromatic heterocycles. The summed E-state index contributed by atoms with van der Waals surface area (Å²) >= 11 is 5.99. The number of carbonyl (C=O) groups is 1. The molecule has 1 amide bonds. The maximum absolute atomic E-state index is 12.1. The summed E-state index contributed by atoms with van der Waals surface area (Å²) in [4.78, 5) is 20.4. The molecule has 2 N–H and O–H groups in total. The molecule has 0 unspecified atom stereocenters. The van der Waals surface area contributed by atoms with Crippen molar-refractivity contribution in [3.63, 3.8) is 0 Å². The molecule has 0 saturated heterocycles. The number of rotatable bonds is 3. The summed E-state index contributed by atoms with van der Waals surface area (Å²) in [5.74, 6) is 0.273. The van der Waals surface area contributed by atoms with Gasteiger partial charge in [-0.2, -0.15) is 0 Å². The molecule has 0 spiro atoms. The Morgan fingerprint density at radius 1 is 1.14 bits per heavy atom. The van der Waals surface area contributed by atoms with Crippen LogP contribution in [0.3, 0.4) is 0 Å². The molecule has 2 aromatic rings. The first-order valence-corrected chi connectivity index (χ1v) is 6.89. The van der Waals surface area contributed by atoms with Gasteiger partial charge in [0.25, 0.3) is 5.91 Å². The average Bonchev–Trinajstić information content (AvgIpc) is 2.40. The molecule has 0 fully saturated rings. The summed E-state index contributed by atoms with van der Waals surface area (Å²) in [6, 6.07) is 7.02. The molecule has 5 nitrogen and oxygen atoms in total. The van der Waals surface area contributed by atoms with E-state index in [-0.39, 0.29) is 17.1 Å². The van der Waals surface area contributed by atoms with E-state index in [1.807, 2.05) is 20.8 Å². The predicted octanol–water partition coefficient (Wildman–Crippen LogP) is 3.59. The molecule has 2 rings (SSSR count). The van der Waals surface area contributed by atoms with Crippen molar-refractivity contribution in [1.82, 2.24) is 9.97 Å². The van der Waals surface area contributed by atoms with Crippen molar-refractivity contribution in [2.45, 2.75) is 26.3 Å². The number of benzene rings is 1. The zero-order valence-electron chi connectivity index (χ0n) is 12.1. The topological polar surface area (TPSA) is 66.9 Å². The summed E-state index contributed by atoms with van der Waals surface area (Å²) in [5.41, 5.74) is 0.660. The van der Waals surface area contributed by atoms with Crippen LogP contribution in [0.25, 0.3) is 0 Å². The molecular formula is C15H17ClN4O. The first kappa shape index (κ1) is 15.3. The van der Waals surface area contributed by atoms with Gasteiger partial charge in [-0.15, -0.1) is 0 Å². The van der Waals surface area contributed by atoms with E-state index in [0.717, 1.165) is 0 Å². The van der Waals surface area contributed by atoms with E-state index < -0.39 is 0 Å². The molecule has 21 heavy (non-hydrogen) atoms. The number of amides is 1. The van der Waals surface area contributed by atoms with Crippen molar-refractivity contribution in [2.24, 2.45) is 0 Å². The summed E-state index contributed by atoms with van der Waals surface area (Å²) < 4.78 is 0. The van der Waals surface area contributed by atoms with Crippen molar-refractivity contribution in [2.75, 3.05) is 10.6 Å². The van der Waals surface area contributed by atoms with E-state index in [1.54, 1.807) is 24.3 Å². The number of para-hydroxylation sites is 1. The summed E-state index contributed by atoms with van der Waals surface area (Å²) in [5, 5.41) is 6.36. The number of hydrogen-bond donors (Lipinski definition) is 2.